The summed E-state index contributed by atoms with van der Waals surface area (Å²) in [5.41, 5.74) is 0. The van der Waals surface area contributed by atoms with E-state index in [0.29, 0.717) is 0 Å². The summed E-state index contributed by atoms with van der Waals surface area (Å²) in [5.74, 6) is 0. The molecule has 0 aliphatic carbocycles. The standard InChI is InChI=1S/CH2O3.Bk.H3N/c2-1(3)4;;/h(H2,2,3,4);;1H3/q;+1;/p-1. The van der Waals surface area contributed by atoms with Gasteiger partial charge in [-0.3, -0.25) is 0 Å². The first kappa shape index (κ1) is 8.87. The molecule has 0 saturated heterocycles. The van der Waals surface area contributed by atoms with Crippen molar-refractivity contribution in [1.82, 2.24) is 6.15 Å². The molecular weight excluding hydrogens is 321 g/mol. The minimum atomic E-state index is -1.22. The molecule has 0 saturated carbocycles. The first-order chi connectivity index (χ1) is 2.27. The molecule has 0 heterocycles. The normalized spacial score (nSPS) is 5.67. The first-order valence-corrected chi connectivity index (χ1v) is 1.90. The van der Waals surface area contributed by atoms with E-state index >= 15 is 0 Å². The number of hydrogen-bond donors (Lipinski definition) is 2. The molecule has 0 radical (unpaired) electrons. The Labute approximate surface area is 28.6 Å². The van der Waals surface area contributed by atoms with E-state index in [9.17, 15) is 0 Å². The van der Waals surface area contributed by atoms with Gasteiger partial charge in [0, 0.05) is 0 Å². The van der Waals surface area contributed by atoms with Crippen LogP contribution in [0.3, 0.4) is 0 Å². The molecule has 0 fully saturated rings. The fraction of sp³-hybridized carbons (Fsp3) is 0. The fourth-order valence-electron chi connectivity index (χ4n) is 0. The Kier molecular flexibility index (Phi) is 4.78. The van der Waals surface area contributed by atoms with Crippen LogP contribution in [0.25, 0.3) is 0 Å². The number of hydrogen-bond acceptors (Lipinski definition) is 3. The molecule has 40 valence electrons. The van der Waals surface area contributed by atoms with E-state index < -0.39 is 6.16 Å². The van der Waals surface area contributed by atoms with Crippen LogP contribution in [0.4, 0.5) is 4.79 Å². The van der Waals surface area contributed by atoms with E-state index in [2.05, 4.69) is 5.11 Å². The van der Waals surface area contributed by atoms with Crippen LogP contribution in [0.1, 0.15) is 0 Å². The molecule has 0 unspecified atom stereocenters. The maximum atomic E-state index is 9.16. The summed E-state index contributed by atoms with van der Waals surface area (Å²) in [7, 11) is 0. The summed E-state index contributed by atoms with van der Waals surface area (Å²) >= 11 is 0. The first-order valence-electron chi connectivity index (χ1n) is 0.768. The molecule has 0 aliphatic rings. The zero-order valence-corrected chi connectivity index (χ0v) is 5.58. The molecule has 0 aromatic rings. The molecule has 0 rings (SSSR count). The van der Waals surface area contributed by atoms with Crippen molar-refractivity contribution in [1.29, 1.82) is 0 Å². The van der Waals surface area contributed by atoms with Crippen molar-refractivity contribution in [3.8, 4) is 0 Å². The van der Waals surface area contributed by atoms with E-state index in [1.54, 1.807) is 0 Å². The molecule has 0 amide bonds. The summed E-state index contributed by atoms with van der Waals surface area (Å²) in [6.45, 7) is 0. The van der Waals surface area contributed by atoms with Gasteiger partial charge in [0.1, 0.15) is 0 Å². The van der Waals surface area contributed by atoms with E-state index in [1.807, 2.05) is 0 Å². The van der Waals surface area contributed by atoms with E-state index in [0.717, 1.165) is 0 Å². The molecule has 0 bridgehead atoms. The monoisotopic (exact) mass is 325 g/mol. The van der Waals surface area contributed by atoms with Crippen molar-refractivity contribution in [3.63, 3.8) is 0 Å². The van der Waals surface area contributed by atoms with Gasteiger partial charge in [-0.25, -0.2) is 0 Å². The van der Waals surface area contributed by atoms with E-state index in [1.165, 1.54) is 0 Å². The van der Waals surface area contributed by atoms with Crippen molar-refractivity contribution in [2.75, 3.05) is 0 Å². The van der Waals surface area contributed by atoms with Crippen LogP contribution in [0.5, 0.6) is 0 Å². The van der Waals surface area contributed by atoms with Gasteiger partial charge in [0.05, 0.1) is 0 Å². The van der Waals surface area contributed by atoms with Gasteiger partial charge < -0.3 is 6.15 Å². The van der Waals surface area contributed by atoms with Gasteiger partial charge in [0.2, 0.25) is 0 Å². The van der Waals surface area contributed by atoms with Gasteiger partial charge in [-0.1, -0.05) is 0 Å². The third kappa shape index (κ3) is 63.8. The summed E-state index contributed by atoms with van der Waals surface area (Å²) in [6, 6.07) is 0. The third-order valence-electron chi connectivity index (χ3n) is 0.0582. The fourth-order valence-corrected chi connectivity index (χ4v) is 0. The molecule has 5 heteroatoms. The quantitative estimate of drug-likeness (QED) is 0.672. The summed E-state index contributed by atoms with van der Waals surface area (Å²) < 4.78 is 0.705. The molecular formula is CH4BkNO3. The Bertz CT molecular complexity index is 46.1. The van der Waals surface area contributed by atoms with Crippen molar-refractivity contribution >= 4 is 6.16 Å². The van der Waals surface area contributed by atoms with Crippen molar-refractivity contribution in [2.45, 2.75) is 0 Å². The molecule has 4 nitrogen and oxygen atoms in total. The van der Waals surface area contributed by atoms with Gasteiger partial charge in [-0.2, -0.15) is 0 Å². The average molecular weight is 325 g/mol. The van der Waals surface area contributed by atoms with Crippen molar-refractivity contribution < 1.29 is 15.0 Å². The molecule has 0 atom stereocenters. The second kappa shape index (κ2) is 3.23. The predicted octanol–water partition coefficient (Wildman–Crippen LogP) is 0.307. The van der Waals surface area contributed by atoms with Gasteiger partial charge in [0.15, 0.2) is 0 Å². The summed E-state index contributed by atoms with van der Waals surface area (Å²) in [4.78, 5) is 9.16. The van der Waals surface area contributed by atoms with Crippen LogP contribution in [-0.2, 0) is 5.11 Å². The van der Waals surface area contributed by atoms with Crippen LogP contribution >= 0.6 is 0 Å². The molecule has 6 heavy (non-hydrogen) atoms. The third-order valence-corrected chi connectivity index (χ3v) is 0.543. The van der Waals surface area contributed by atoms with Gasteiger partial charge >= 0.3 is 21.2 Å². The zero-order chi connectivity index (χ0) is 4.28. The molecule has 4 N–H and O–H groups in total. The number of rotatable bonds is 0. The van der Waals surface area contributed by atoms with Crippen LogP contribution in [0.2, 0.25) is 0 Å². The predicted molar refractivity (Wildman–Crippen MR) is 14.1 cm³/mol. The average Bonchev–Trinajstić information content (AvgIpc) is 1.38. The molecule has 0 aliphatic heterocycles. The van der Waals surface area contributed by atoms with E-state index in [4.69, 9.17) is 9.90 Å². The Balaban J connectivity index is 0. The summed E-state index contributed by atoms with van der Waals surface area (Å²) in [5, 5.41) is 11.2. The summed E-state index contributed by atoms with van der Waals surface area (Å²) in [6.07, 6.45) is -1.22. The van der Waals surface area contributed by atoms with Gasteiger partial charge in [-0.15, -0.1) is 0 Å². The number of carbonyl (C=O) groups is 1. The Morgan fingerprint density at radius 1 is 1.83 bits per heavy atom. The van der Waals surface area contributed by atoms with Gasteiger partial charge in [0.25, 0.3) is 0 Å². The minimum absolute atomic E-state index is 0. The second-order valence-electron chi connectivity index (χ2n) is 0.334. The van der Waals surface area contributed by atoms with Crippen molar-refractivity contribution in [2.24, 2.45) is 0 Å². The Morgan fingerprint density at radius 2 is 2.00 bits per heavy atom. The van der Waals surface area contributed by atoms with Gasteiger partial charge in [-0.05, 0) is 0 Å². The maximum absolute atomic E-state index is 9.16. The Hall–Kier alpha value is -1.77. The zero-order valence-electron chi connectivity index (χ0n) is 2.80. The van der Waals surface area contributed by atoms with E-state index in [-0.39, 0.29) is 6.15 Å². The topological polar surface area (TPSA) is 81.5 Å². The molecule has 0 aromatic carbocycles. The van der Waals surface area contributed by atoms with Crippen LogP contribution in [0.15, 0.2) is 0 Å². The number of carboxylic acid groups (broad SMARTS) is 1. The van der Waals surface area contributed by atoms with Crippen LogP contribution < -0.4 is 6.15 Å². The van der Waals surface area contributed by atoms with Crippen LogP contribution in [-0.4, -0.2) is 11.3 Å². The Morgan fingerprint density at radius 3 is 2.00 bits per heavy atom. The van der Waals surface area contributed by atoms with Crippen LogP contribution in [0, 0.1) is 0 Å². The van der Waals surface area contributed by atoms with Crippen molar-refractivity contribution in [3.05, 3.63) is 0 Å². The molecule has 0 spiro atoms. The molecule has 0 aromatic heterocycles. The second-order valence-corrected chi connectivity index (χ2v) is 0.901. The SMILES string of the molecule is N.O=C(O)[O][Bk].